The molecule has 0 amide bonds. The van der Waals surface area contributed by atoms with Crippen molar-refractivity contribution in [1.82, 2.24) is 20.1 Å². The minimum absolute atomic E-state index is 0.293. The molecule has 0 atom stereocenters. The molecule has 2 aromatic rings. The zero-order chi connectivity index (χ0) is 13.0. The molecule has 0 aliphatic heterocycles. The molecule has 6 heteroatoms. The highest BCUT2D eigenvalue weighted by Gasteiger charge is 2.04. The summed E-state index contributed by atoms with van der Waals surface area (Å²) in [4.78, 5) is 0. The van der Waals surface area contributed by atoms with Crippen LogP contribution >= 0.6 is 0 Å². The number of aromatic nitrogens is 3. The van der Waals surface area contributed by atoms with Crippen molar-refractivity contribution >= 4 is 0 Å². The molecule has 2 rings (SSSR count). The first-order chi connectivity index (χ1) is 8.66. The van der Waals surface area contributed by atoms with E-state index in [1.165, 1.54) is 6.07 Å². The van der Waals surface area contributed by atoms with E-state index in [2.05, 4.69) is 15.5 Å². The number of nitrogens with one attached hydrogen (secondary N) is 1. The van der Waals surface area contributed by atoms with Gasteiger partial charge in [-0.2, -0.15) is 0 Å². The highest BCUT2D eigenvalue weighted by atomic mass is 19.1. The molecular formula is C12H14F2N4. The molecule has 0 fully saturated rings. The summed E-state index contributed by atoms with van der Waals surface area (Å²) in [6, 6.07) is 3.44. The third-order valence-corrected chi connectivity index (χ3v) is 2.65. The van der Waals surface area contributed by atoms with Crippen LogP contribution in [0.5, 0.6) is 0 Å². The van der Waals surface area contributed by atoms with Crippen LogP contribution in [0.1, 0.15) is 11.4 Å². The largest absolute Gasteiger partial charge is 0.321 e. The Hall–Kier alpha value is -1.82. The lowest BCUT2D eigenvalue weighted by atomic mass is 10.2. The standard InChI is InChI=1S/C12H14F2N4/c1-18-8-16-17-12(18)4-5-15-7-9-6-10(13)2-3-11(9)14/h2-3,6,8,15H,4-5,7H2,1H3. The Balaban J connectivity index is 1.82. The van der Waals surface area contributed by atoms with E-state index in [1.54, 1.807) is 6.33 Å². The molecule has 1 aromatic carbocycles. The first-order valence-electron chi connectivity index (χ1n) is 5.64. The van der Waals surface area contributed by atoms with Crippen molar-refractivity contribution in [2.45, 2.75) is 13.0 Å². The number of hydrogen-bond donors (Lipinski definition) is 1. The molecule has 0 bridgehead atoms. The van der Waals surface area contributed by atoms with E-state index < -0.39 is 11.6 Å². The summed E-state index contributed by atoms with van der Waals surface area (Å²) < 4.78 is 28.0. The van der Waals surface area contributed by atoms with E-state index in [-0.39, 0.29) is 0 Å². The summed E-state index contributed by atoms with van der Waals surface area (Å²) in [6.45, 7) is 0.921. The van der Waals surface area contributed by atoms with E-state index in [9.17, 15) is 8.78 Å². The van der Waals surface area contributed by atoms with Crippen molar-refractivity contribution in [2.24, 2.45) is 7.05 Å². The predicted molar refractivity (Wildman–Crippen MR) is 62.8 cm³/mol. The van der Waals surface area contributed by atoms with Crippen LogP contribution in [0.3, 0.4) is 0 Å². The van der Waals surface area contributed by atoms with Crippen LogP contribution in [0.15, 0.2) is 24.5 Å². The fourth-order valence-electron chi connectivity index (χ4n) is 1.64. The average Bonchev–Trinajstić information content (AvgIpc) is 2.75. The molecule has 1 heterocycles. The molecule has 0 aliphatic carbocycles. The predicted octanol–water partition coefficient (Wildman–Crippen LogP) is 1.43. The first kappa shape index (κ1) is 12.6. The lowest BCUT2D eigenvalue weighted by Crippen LogP contribution is -2.19. The van der Waals surface area contributed by atoms with Crippen molar-refractivity contribution in [3.05, 3.63) is 47.5 Å². The summed E-state index contributed by atoms with van der Waals surface area (Å²) in [5.41, 5.74) is 0.327. The van der Waals surface area contributed by atoms with Gasteiger partial charge in [0.15, 0.2) is 0 Å². The number of hydrogen-bond acceptors (Lipinski definition) is 3. The fraction of sp³-hybridized carbons (Fsp3) is 0.333. The van der Waals surface area contributed by atoms with Crippen LogP contribution in [0.25, 0.3) is 0 Å². The number of halogens is 2. The Kier molecular flexibility index (Phi) is 3.99. The number of aryl methyl sites for hydroxylation is 1. The molecule has 1 aromatic heterocycles. The van der Waals surface area contributed by atoms with Crippen molar-refractivity contribution < 1.29 is 8.78 Å². The minimum atomic E-state index is -0.429. The summed E-state index contributed by atoms with van der Waals surface area (Å²) in [5, 5.41) is 10.7. The van der Waals surface area contributed by atoms with Gasteiger partial charge in [-0.25, -0.2) is 8.78 Å². The van der Waals surface area contributed by atoms with Gasteiger partial charge in [-0.1, -0.05) is 0 Å². The van der Waals surface area contributed by atoms with Crippen molar-refractivity contribution in [3.63, 3.8) is 0 Å². The summed E-state index contributed by atoms with van der Waals surface area (Å²) in [6.07, 6.45) is 2.31. The van der Waals surface area contributed by atoms with Crippen LogP contribution in [0.4, 0.5) is 8.78 Å². The molecular weight excluding hydrogens is 238 g/mol. The average molecular weight is 252 g/mol. The quantitative estimate of drug-likeness (QED) is 0.818. The number of rotatable bonds is 5. The highest BCUT2D eigenvalue weighted by Crippen LogP contribution is 2.09. The second kappa shape index (κ2) is 5.68. The van der Waals surface area contributed by atoms with Gasteiger partial charge in [-0.3, -0.25) is 0 Å². The molecule has 1 N–H and O–H groups in total. The lowest BCUT2D eigenvalue weighted by Gasteiger charge is -2.06. The minimum Gasteiger partial charge on any atom is -0.321 e. The first-order valence-corrected chi connectivity index (χ1v) is 5.64. The summed E-state index contributed by atoms with van der Waals surface area (Å²) in [7, 11) is 1.86. The molecule has 0 aliphatic rings. The van der Waals surface area contributed by atoms with Crippen LogP contribution in [-0.2, 0) is 20.0 Å². The Morgan fingerprint density at radius 1 is 1.33 bits per heavy atom. The Morgan fingerprint density at radius 3 is 2.89 bits per heavy atom. The number of nitrogens with zero attached hydrogens (tertiary/aromatic N) is 3. The maximum atomic E-state index is 13.3. The van der Waals surface area contributed by atoms with Crippen molar-refractivity contribution in [2.75, 3.05) is 6.54 Å². The second-order valence-corrected chi connectivity index (χ2v) is 4.02. The van der Waals surface area contributed by atoms with Crippen molar-refractivity contribution in [3.8, 4) is 0 Å². The SMILES string of the molecule is Cn1cnnc1CCNCc1cc(F)ccc1F. The van der Waals surface area contributed by atoms with E-state index in [0.717, 1.165) is 18.0 Å². The van der Waals surface area contributed by atoms with Crippen LogP contribution in [0, 0.1) is 11.6 Å². The third-order valence-electron chi connectivity index (χ3n) is 2.65. The van der Waals surface area contributed by atoms with E-state index >= 15 is 0 Å². The van der Waals surface area contributed by atoms with Crippen LogP contribution in [-0.4, -0.2) is 21.3 Å². The fourth-order valence-corrected chi connectivity index (χ4v) is 1.64. The van der Waals surface area contributed by atoms with Crippen LogP contribution < -0.4 is 5.32 Å². The molecule has 0 unspecified atom stereocenters. The summed E-state index contributed by atoms with van der Waals surface area (Å²) in [5.74, 6) is 0.0197. The van der Waals surface area contributed by atoms with Gasteiger partial charge in [0.2, 0.25) is 0 Å². The highest BCUT2D eigenvalue weighted by molar-refractivity contribution is 5.18. The van der Waals surface area contributed by atoms with E-state index in [4.69, 9.17) is 0 Å². The Labute approximate surface area is 104 Å². The molecule has 4 nitrogen and oxygen atoms in total. The van der Waals surface area contributed by atoms with Gasteiger partial charge < -0.3 is 9.88 Å². The molecule has 18 heavy (non-hydrogen) atoms. The van der Waals surface area contributed by atoms with Gasteiger partial charge >= 0.3 is 0 Å². The van der Waals surface area contributed by atoms with Gasteiger partial charge in [0.25, 0.3) is 0 Å². The molecule has 0 spiro atoms. The zero-order valence-electron chi connectivity index (χ0n) is 10.0. The summed E-state index contributed by atoms with van der Waals surface area (Å²) >= 11 is 0. The maximum Gasteiger partial charge on any atom is 0.133 e. The molecule has 0 radical (unpaired) electrons. The Bertz CT molecular complexity index is 525. The van der Waals surface area contributed by atoms with Gasteiger partial charge in [-0.15, -0.1) is 10.2 Å². The normalized spacial score (nSPS) is 10.8. The maximum absolute atomic E-state index is 13.3. The Morgan fingerprint density at radius 2 is 2.17 bits per heavy atom. The van der Waals surface area contributed by atoms with E-state index in [1.807, 2.05) is 11.6 Å². The lowest BCUT2D eigenvalue weighted by molar-refractivity contribution is 0.566. The topological polar surface area (TPSA) is 42.7 Å². The molecule has 0 saturated carbocycles. The smallest absolute Gasteiger partial charge is 0.133 e. The molecule has 0 saturated heterocycles. The number of benzene rings is 1. The molecule has 96 valence electrons. The van der Waals surface area contributed by atoms with Gasteiger partial charge in [-0.05, 0) is 18.2 Å². The van der Waals surface area contributed by atoms with Gasteiger partial charge in [0.1, 0.15) is 23.8 Å². The van der Waals surface area contributed by atoms with E-state index in [0.29, 0.717) is 25.1 Å². The van der Waals surface area contributed by atoms with Crippen molar-refractivity contribution in [1.29, 1.82) is 0 Å². The van der Waals surface area contributed by atoms with Crippen LogP contribution in [0.2, 0.25) is 0 Å². The van der Waals surface area contributed by atoms with Gasteiger partial charge in [0, 0.05) is 32.1 Å². The second-order valence-electron chi connectivity index (χ2n) is 4.02. The zero-order valence-corrected chi connectivity index (χ0v) is 10.0. The third kappa shape index (κ3) is 3.10. The van der Waals surface area contributed by atoms with Gasteiger partial charge in [0.05, 0.1) is 0 Å². The monoisotopic (exact) mass is 252 g/mol.